The van der Waals surface area contributed by atoms with E-state index in [0.29, 0.717) is 17.9 Å². The normalized spacial score (nSPS) is 20.4. The second-order valence-electron chi connectivity index (χ2n) is 8.95. The Hall–Kier alpha value is -3.06. The summed E-state index contributed by atoms with van der Waals surface area (Å²) in [6, 6.07) is 15.8. The first-order valence-electron chi connectivity index (χ1n) is 11.3. The lowest BCUT2D eigenvalue weighted by Gasteiger charge is -2.31. The van der Waals surface area contributed by atoms with Gasteiger partial charge < -0.3 is 18.9 Å². The average Bonchev–Trinajstić information content (AvgIpc) is 3.20. The van der Waals surface area contributed by atoms with E-state index in [1.165, 1.54) is 4.90 Å². The number of methoxy groups -OCH3 is 1. The van der Waals surface area contributed by atoms with Crippen molar-refractivity contribution >= 4 is 12.1 Å². The van der Waals surface area contributed by atoms with Gasteiger partial charge in [0.1, 0.15) is 17.4 Å². The van der Waals surface area contributed by atoms with Crippen molar-refractivity contribution in [2.75, 3.05) is 13.7 Å². The Morgan fingerprint density at radius 2 is 1.67 bits per heavy atom. The molecule has 0 aromatic heterocycles. The molecule has 3 rings (SSSR count). The van der Waals surface area contributed by atoms with Crippen molar-refractivity contribution in [2.24, 2.45) is 0 Å². The van der Waals surface area contributed by atoms with E-state index in [2.05, 4.69) is 0 Å². The zero-order chi connectivity index (χ0) is 24.0. The summed E-state index contributed by atoms with van der Waals surface area (Å²) in [4.78, 5) is 28.0. The molecule has 1 unspecified atom stereocenters. The van der Waals surface area contributed by atoms with Crippen LogP contribution >= 0.6 is 0 Å². The third-order valence-electron chi connectivity index (χ3n) is 5.24. The second-order valence-corrected chi connectivity index (χ2v) is 8.95. The van der Waals surface area contributed by atoms with Crippen LogP contribution in [0.1, 0.15) is 63.9 Å². The lowest BCUT2D eigenvalue weighted by molar-refractivity contribution is -0.157. The molecule has 0 bridgehead atoms. The lowest BCUT2D eigenvalue weighted by atomic mass is 10.0. The minimum Gasteiger partial charge on any atom is -0.497 e. The van der Waals surface area contributed by atoms with Crippen LogP contribution in [0, 0.1) is 0 Å². The highest BCUT2D eigenvalue weighted by Gasteiger charge is 2.51. The van der Waals surface area contributed by atoms with Crippen LogP contribution in [0.5, 0.6) is 5.75 Å². The van der Waals surface area contributed by atoms with E-state index in [4.69, 9.17) is 18.9 Å². The molecule has 1 aliphatic heterocycles. The van der Waals surface area contributed by atoms with Crippen LogP contribution in [0.25, 0.3) is 0 Å². The number of benzene rings is 2. The Morgan fingerprint density at radius 3 is 2.24 bits per heavy atom. The first-order chi connectivity index (χ1) is 15.7. The lowest BCUT2D eigenvalue weighted by Crippen LogP contribution is -2.40. The molecular weight excluding hydrogens is 422 g/mol. The topological polar surface area (TPSA) is 74.3 Å². The number of unbranched alkanes of at least 4 members (excludes halogenated alkanes) is 1. The van der Waals surface area contributed by atoms with Crippen LogP contribution in [-0.2, 0) is 19.0 Å². The number of esters is 1. The molecule has 0 N–H and O–H groups in total. The minimum absolute atomic E-state index is 0.302. The standard InChI is InChI=1S/C26H33NO6/c1-6-7-17-31-24(28)22-21(18-11-9-8-10-12-18)27(25(29)33-26(2,3)4)23(32-22)19-13-15-20(30-5)16-14-19/h8-16,21-23H,6-7,17H2,1-5H3/t21-,22+,23?/m0/s1. The molecule has 0 radical (unpaired) electrons. The summed E-state index contributed by atoms with van der Waals surface area (Å²) in [5.41, 5.74) is 0.742. The van der Waals surface area contributed by atoms with E-state index in [-0.39, 0.29) is 0 Å². The highest BCUT2D eigenvalue weighted by atomic mass is 16.6. The zero-order valence-corrected chi connectivity index (χ0v) is 19.9. The summed E-state index contributed by atoms with van der Waals surface area (Å²) in [7, 11) is 1.59. The van der Waals surface area contributed by atoms with Crippen LogP contribution in [0.3, 0.4) is 0 Å². The molecule has 2 aromatic rings. The van der Waals surface area contributed by atoms with Crippen molar-refractivity contribution in [2.45, 2.75) is 64.5 Å². The van der Waals surface area contributed by atoms with Crippen molar-refractivity contribution in [3.05, 3.63) is 65.7 Å². The molecule has 0 spiro atoms. The van der Waals surface area contributed by atoms with E-state index >= 15 is 0 Å². The minimum atomic E-state index is -0.996. The molecule has 1 aliphatic rings. The quantitative estimate of drug-likeness (QED) is 0.410. The summed E-state index contributed by atoms with van der Waals surface area (Å²) in [6.07, 6.45) is -0.740. The van der Waals surface area contributed by atoms with Gasteiger partial charge >= 0.3 is 12.1 Å². The van der Waals surface area contributed by atoms with E-state index < -0.39 is 36.0 Å². The number of rotatable bonds is 7. The highest BCUT2D eigenvalue weighted by Crippen LogP contribution is 2.44. The van der Waals surface area contributed by atoms with Gasteiger partial charge in [-0.25, -0.2) is 9.59 Å². The van der Waals surface area contributed by atoms with Gasteiger partial charge in [0.25, 0.3) is 0 Å². The van der Waals surface area contributed by atoms with Gasteiger partial charge in [0.05, 0.1) is 13.7 Å². The second kappa shape index (κ2) is 10.7. The average molecular weight is 456 g/mol. The first kappa shape index (κ1) is 24.6. The van der Waals surface area contributed by atoms with Crippen molar-refractivity contribution in [1.82, 2.24) is 4.90 Å². The van der Waals surface area contributed by atoms with Gasteiger partial charge in [0, 0.05) is 5.56 Å². The maximum Gasteiger partial charge on any atom is 0.413 e. The SMILES string of the molecule is CCCCOC(=O)[C@@H]1OC(c2ccc(OC)cc2)N(C(=O)OC(C)(C)C)[C@H]1c1ccccc1. The van der Waals surface area contributed by atoms with Crippen molar-refractivity contribution < 1.29 is 28.5 Å². The number of nitrogens with zero attached hydrogens (tertiary/aromatic N) is 1. The van der Waals surface area contributed by atoms with Gasteiger partial charge in [-0.05, 0) is 44.9 Å². The fraction of sp³-hybridized carbons (Fsp3) is 0.462. The highest BCUT2D eigenvalue weighted by molar-refractivity contribution is 5.79. The molecule has 33 heavy (non-hydrogen) atoms. The molecule has 0 aliphatic carbocycles. The molecule has 1 fully saturated rings. The number of amides is 1. The van der Waals surface area contributed by atoms with Crippen LogP contribution in [0.4, 0.5) is 4.79 Å². The van der Waals surface area contributed by atoms with Crippen LogP contribution in [0.2, 0.25) is 0 Å². The van der Waals surface area contributed by atoms with Crippen LogP contribution in [-0.4, -0.2) is 42.4 Å². The number of ether oxygens (including phenoxy) is 4. The van der Waals surface area contributed by atoms with Gasteiger partial charge in [-0.15, -0.1) is 0 Å². The molecule has 3 atom stereocenters. The Balaban J connectivity index is 2.04. The Bertz CT molecular complexity index is 922. The van der Waals surface area contributed by atoms with Crippen molar-refractivity contribution in [3.63, 3.8) is 0 Å². The number of carbonyl (C=O) groups is 2. The summed E-state index contributed by atoms with van der Waals surface area (Å²) in [6.45, 7) is 7.74. The molecule has 7 heteroatoms. The molecule has 1 heterocycles. The van der Waals surface area contributed by atoms with Crippen LogP contribution < -0.4 is 4.74 Å². The maximum atomic E-state index is 13.4. The Morgan fingerprint density at radius 1 is 1.00 bits per heavy atom. The molecule has 7 nitrogen and oxygen atoms in total. The van der Waals surface area contributed by atoms with Gasteiger partial charge in [0.2, 0.25) is 0 Å². The smallest absolute Gasteiger partial charge is 0.413 e. The summed E-state index contributed by atoms with van der Waals surface area (Å²) >= 11 is 0. The summed E-state index contributed by atoms with van der Waals surface area (Å²) < 4.78 is 22.7. The molecule has 178 valence electrons. The van der Waals surface area contributed by atoms with E-state index in [1.807, 2.05) is 49.4 Å². The first-order valence-corrected chi connectivity index (χ1v) is 11.3. The molecular formula is C26H33NO6. The van der Waals surface area contributed by atoms with E-state index in [0.717, 1.165) is 18.4 Å². The number of hydrogen-bond donors (Lipinski definition) is 0. The van der Waals surface area contributed by atoms with Gasteiger partial charge in [-0.1, -0.05) is 55.8 Å². The van der Waals surface area contributed by atoms with Gasteiger partial charge in [-0.3, -0.25) is 4.90 Å². The van der Waals surface area contributed by atoms with Gasteiger partial charge in [-0.2, -0.15) is 0 Å². The third kappa shape index (κ3) is 6.05. The third-order valence-corrected chi connectivity index (χ3v) is 5.24. The summed E-state index contributed by atoms with van der Waals surface area (Å²) in [5, 5.41) is 0. The van der Waals surface area contributed by atoms with Crippen molar-refractivity contribution in [3.8, 4) is 5.75 Å². The van der Waals surface area contributed by atoms with Crippen molar-refractivity contribution in [1.29, 1.82) is 0 Å². The van der Waals surface area contributed by atoms with E-state index in [1.54, 1.807) is 40.0 Å². The largest absolute Gasteiger partial charge is 0.497 e. The fourth-order valence-corrected chi connectivity index (χ4v) is 3.67. The number of hydrogen-bond acceptors (Lipinski definition) is 6. The van der Waals surface area contributed by atoms with E-state index in [9.17, 15) is 9.59 Å². The van der Waals surface area contributed by atoms with Gasteiger partial charge in [0.15, 0.2) is 12.3 Å². The molecule has 2 aromatic carbocycles. The summed E-state index contributed by atoms with van der Waals surface area (Å²) in [5.74, 6) is 0.178. The monoisotopic (exact) mass is 455 g/mol. The van der Waals surface area contributed by atoms with Crippen LogP contribution in [0.15, 0.2) is 54.6 Å². The predicted molar refractivity (Wildman–Crippen MR) is 124 cm³/mol. The molecule has 1 saturated heterocycles. The Kier molecular flexibility index (Phi) is 7.97. The maximum absolute atomic E-state index is 13.4. The zero-order valence-electron chi connectivity index (χ0n) is 19.9. The molecule has 1 amide bonds. The molecule has 0 saturated carbocycles. The number of carbonyl (C=O) groups excluding carboxylic acids is 2. The Labute approximate surface area is 195 Å². The predicted octanol–water partition coefficient (Wildman–Crippen LogP) is 5.41. The fourth-order valence-electron chi connectivity index (χ4n) is 3.67.